The Hall–Kier alpha value is -2.41. The van der Waals surface area contributed by atoms with Gasteiger partial charge in [0.15, 0.2) is 0 Å². The molecule has 1 aliphatic rings. The van der Waals surface area contributed by atoms with Crippen molar-refractivity contribution in [2.45, 2.75) is 31.5 Å². The van der Waals surface area contributed by atoms with Crippen molar-refractivity contribution in [2.24, 2.45) is 5.92 Å². The summed E-state index contributed by atoms with van der Waals surface area (Å²) in [6.07, 6.45) is -2.26. The first kappa shape index (κ1) is 19.4. The molecule has 1 fully saturated rings. The maximum absolute atomic E-state index is 12.8. The van der Waals surface area contributed by atoms with Crippen LogP contribution in [0.4, 0.5) is 13.2 Å². The van der Waals surface area contributed by atoms with E-state index in [9.17, 15) is 23.1 Å². The number of rotatable bonds is 4. The largest absolute Gasteiger partial charge is 0.416 e. The standard InChI is InChI=1S/C20H21F3N2O2/c21-20(22,23)16-5-3-4-14(12-16)13-18(26)25-10-7-15(8-11-25)19(27)17-6-1-2-9-24-17/h1-6,9,12,15,19,27H,7-8,10-11,13H2. The molecular weight excluding hydrogens is 357 g/mol. The Balaban J connectivity index is 1.56. The Morgan fingerprint density at radius 2 is 1.93 bits per heavy atom. The van der Waals surface area contributed by atoms with Gasteiger partial charge in [0, 0.05) is 19.3 Å². The van der Waals surface area contributed by atoms with Gasteiger partial charge in [0.2, 0.25) is 5.91 Å². The van der Waals surface area contributed by atoms with E-state index in [4.69, 9.17) is 0 Å². The zero-order valence-electron chi connectivity index (χ0n) is 14.7. The lowest BCUT2D eigenvalue weighted by atomic mass is 9.89. The highest BCUT2D eigenvalue weighted by molar-refractivity contribution is 5.78. The molecule has 7 heteroatoms. The lowest BCUT2D eigenvalue weighted by Gasteiger charge is -2.34. The van der Waals surface area contributed by atoms with Crippen LogP contribution in [-0.4, -0.2) is 34.0 Å². The van der Waals surface area contributed by atoms with Crippen LogP contribution in [0.1, 0.15) is 35.8 Å². The highest BCUT2D eigenvalue weighted by atomic mass is 19.4. The van der Waals surface area contributed by atoms with Gasteiger partial charge in [-0.1, -0.05) is 24.3 Å². The van der Waals surface area contributed by atoms with Gasteiger partial charge in [-0.3, -0.25) is 9.78 Å². The fourth-order valence-electron chi connectivity index (χ4n) is 3.40. The molecule has 144 valence electrons. The minimum absolute atomic E-state index is 0.0116. The van der Waals surface area contributed by atoms with E-state index in [2.05, 4.69) is 4.98 Å². The SMILES string of the molecule is O=C(Cc1cccc(C(F)(F)F)c1)N1CCC(C(O)c2ccccn2)CC1. The zero-order chi connectivity index (χ0) is 19.4. The van der Waals surface area contributed by atoms with E-state index in [0.717, 1.165) is 12.1 Å². The summed E-state index contributed by atoms with van der Waals surface area (Å²) in [6.45, 7) is 0.957. The van der Waals surface area contributed by atoms with Gasteiger partial charge in [-0.2, -0.15) is 13.2 Å². The second-order valence-corrected chi connectivity index (χ2v) is 6.79. The van der Waals surface area contributed by atoms with Crippen LogP contribution >= 0.6 is 0 Å². The Kier molecular flexibility index (Phi) is 5.79. The number of piperidine rings is 1. The molecule has 1 N–H and O–H groups in total. The number of halogens is 3. The Morgan fingerprint density at radius 3 is 2.56 bits per heavy atom. The van der Waals surface area contributed by atoms with Crippen molar-refractivity contribution in [2.75, 3.05) is 13.1 Å². The second-order valence-electron chi connectivity index (χ2n) is 6.79. The van der Waals surface area contributed by atoms with Crippen molar-refractivity contribution < 1.29 is 23.1 Å². The van der Waals surface area contributed by atoms with Crippen molar-refractivity contribution in [3.05, 3.63) is 65.5 Å². The second kappa shape index (κ2) is 8.08. The van der Waals surface area contributed by atoms with Crippen molar-refractivity contribution in [3.8, 4) is 0 Å². The lowest BCUT2D eigenvalue weighted by Crippen LogP contribution is -2.40. The third kappa shape index (κ3) is 4.86. The molecule has 1 saturated heterocycles. The average molecular weight is 378 g/mol. The van der Waals surface area contributed by atoms with Crippen LogP contribution in [0.25, 0.3) is 0 Å². The number of benzene rings is 1. The number of hydrogen-bond acceptors (Lipinski definition) is 3. The number of amides is 1. The molecular formula is C20H21F3N2O2. The summed E-state index contributed by atoms with van der Waals surface area (Å²) in [4.78, 5) is 18.3. The summed E-state index contributed by atoms with van der Waals surface area (Å²) in [7, 11) is 0. The predicted octanol–water partition coefficient (Wildman–Crippen LogP) is 3.62. The molecule has 2 aromatic rings. The number of carbonyl (C=O) groups is 1. The minimum Gasteiger partial charge on any atom is -0.387 e. The van der Waals surface area contributed by atoms with Crippen molar-refractivity contribution in [1.82, 2.24) is 9.88 Å². The van der Waals surface area contributed by atoms with Crippen LogP contribution in [0, 0.1) is 5.92 Å². The van der Waals surface area contributed by atoms with Crippen molar-refractivity contribution >= 4 is 5.91 Å². The van der Waals surface area contributed by atoms with Gasteiger partial charge in [-0.25, -0.2) is 0 Å². The molecule has 3 rings (SSSR count). The molecule has 1 atom stereocenters. The molecule has 0 aliphatic carbocycles. The van der Waals surface area contributed by atoms with E-state index in [1.807, 2.05) is 6.07 Å². The lowest BCUT2D eigenvalue weighted by molar-refractivity contribution is -0.138. The Bertz CT molecular complexity index is 772. The van der Waals surface area contributed by atoms with Gasteiger partial charge in [-0.05, 0) is 42.5 Å². The number of aliphatic hydroxyl groups is 1. The van der Waals surface area contributed by atoms with Crippen molar-refractivity contribution in [3.63, 3.8) is 0 Å². The summed E-state index contributed by atoms with van der Waals surface area (Å²) in [5.74, 6) is -0.183. The minimum atomic E-state index is -4.42. The third-order valence-corrected chi connectivity index (χ3v) is 4.94. The number of hydrogen-bond donors (Lipinski definition) is 1. The molecule has 0 saturated carbocycles. The van der Waals surface area contributed by atoms with Crippen LogP contribution in [0.2, 0.25) is 0 Å². The molecule has 1 aliphatic heterocycles. The van der Waals surface area contributed by atoms with Crippen LogP contribution in [0.15, 0.2) is 48.7 Å². The molecule has 1 aromatic carbocycles. The number of nitrogens with zero attached hydrogens (tertiary/aromatic N) is 2. The summed E-state index contributed by atoms with van der Waals surface area (Å²) in [6, 6.07) is 10.2. The third-order valence-electron chi connectivity index (χ3n) is 4.94. The van der Waals surface area contributed by atoms with Gasteiger partial charge >= 0.3 is 6.18 Å². The smallest absolute Gasteiger partial charge is 0.387 e. The monoisotopic (exact) mass is 378 g/mol. The van der Waals surface area contributed by atoms with E-state index < -0.39 is 17.8 Å². The number of pyridine rings is 1. The molecule has 0 spiro atoms. The van der Waals surface area contributed by atoms with Gasteiger partial charge in [0.25, 0.3) is 0 Å². The normalized spacial score (nSPS) is 17.0. The van der Waals surface area contributed by atoms with Crippen LogP contribution in [0.3, 0.4) is 0 Å². The summed E-state index contributed by atoms with van der Waals surface area (Å²) in [5.41, 5.74) is 0.224. The topological polar surface area (TPSA) is 53.4 Å². The molecule has 1 aromatic heterocycles. The first-order chi connectivity index (χ1) is 12.8. The summed E-state index contributed by atoms with van der Waals surface area (Å²) < 4.78 is 38.4. The molecule has 2 heterocycles. The molecule has 0 bridgehead atoms. The van der Waals surface area contributed by atoms with E-state index in [-0.39, 0.29) is 18.2 Å². The molecule has 1 unspecified atom stereocenters. The van der Waals surface area contributed by atoms with Gasteiger partial charge in [0.1, 0.15) is 0 Å². The first-order valence-corrected chi connectivity index (χ1v) is 8.87. The molecule has 1 amide bonds. The van der Waals surface area contributed by atoms with E-state index in [1.54, 1.807) is 23.2 Å². The molecule has 0 radical (unpaired) electrons. The quantitative estimate of drug-likeness (QED) is 0.884. The van der Waals surface area contributed by atoms with Crippen LogP contribution in [-0.2, 0) is 17.4 Å². The fourth-order valence-corrected chi connectivity index (χ4v) is 3.40. The molecule has 27 heavy (non-hydrogen) atoms. The average Bonchev–Trinajstić information content (AvgIpc) is 2.68. The van der Waals surface area contributed by atoms with E-state index in [1.165, 1.54) is 12.1 Å². The van der Waals surface area contributed by atoms with Gasteiger partial charge in [0.05, 0.1) is 23.8 Å². The Labute approximate surface area is 155 Å². The number of carbonyl (C=O) groups excluding carboxylic acids is 1. The van der Waals surface area contributed by atoms with Gasteiger partial charge in [-0.15, -0.1) is 0 Å². The molecule has 4 nitrogen and oxygen atoms in total. The highest BCUT2D eigenvalue weighted by Gasteiger charge is 2.31. The zero-order valence-corrected chi connectivity index (χ0v) is 14.7. The summed E-state index contributed by atoms with van der Waals surface area (Å²) >= 11 is 0. The highest BCUT2D eigenvalue weighted by Crippen LogP contribution is 2.31. The fraction of sp³-hybridized carbons (Fsp3) is 0.400. The number of likely N-dealkylation sites (tertiary alicyclic amines) is 1. The van der Waals surface area contributed by atoms with Gasteiger partial charge < -0.3 is 10.0 Å². The maximum atomic E-state index is 12.8. The predicted molar refractivity (Wildman–Crippen MR) is 93.6 cm³/mol. The first-order valence-electron chi connectivity index (χ1n) is 8.87. The Morgan fingerprint density at radius 1 is 1.19 bits per heavy atom. The van der Waals surface area contributed by atoms with Crippen molar-refractivity contribution in [1.29, 1.82) is 0 Å². The number of aliphatic hydroxyl groups excluding tert-OH is 1. The maximum Gasteiger partial charge on any atom is 0.416 e. The summed E-state index contributed by atoms with van der Waals surface area (Å²) in [5, 5.41) is 10.4. The van der Waals surface area contributed by atoms with E-state index >= 15 is 0 Å². The van der Waals surface area contributed by atoms with E-state index in [0.29, 0.717) is 37.2 Å². The number of alkyl halides is 3. The van der Waals surface area contributed by atoms with Crippen LogP contribution in [0.5, 0.6) is 0 Å². The van der Waals surface area contributed by atoms with Crippen LogP contribution < -0.4 is 0 Å². The number of aromatic nitrogens is 1.